The van der Waals surface area contributed by atoms with Crippen LogP contribution in [0.1, 0.15) is 11.1 Å². The second-order valence-electron chi connectivity index (χ2n) is 6.21. The van der Waals surface area contributed by atoms with Crippen LogP contribution in [0.4, 0.5) is 0 Å². The third-order valence-corrected chi connectivity index (χ3v) is 4.45. The summed E-state index contributed by atoms with van der Waals surface area (Å²) in [5.41, 5.74) is 2.64. The van der Waals surface area contributed by atoms with Crippen LogP contribution in [0.25, 0.3) is 11.8 Å². The number of nitrogens with zero attached hydrogens (tertiary/aromatic N) is 2. The largest absolute Gasteiger partial charge is 0.486 e. The highest BCUT2D eigenvalue weighted by molar-refractivity contribution is 6.32. The average Bonchev–Trinajstić information content (AvgIpc) is 3.21. The number of nitrogens with one attached hydrogen (secondary N) is 1. The summed E-state index contributed by atoms with van der Waals surface area (Å²) in [6.45, 7) is 1.30. The van der Waals surface area contributed by atoms with Crippen molar-refractivity contribution < 1.29 is 14.3 Å². The zero-order valence-corrected chi connectivity index (χ0v) is 15.7. The van der Waals surface area contributed by atoms with Crippen LogP contribution < -0.4 is 14.8 Å². The molecule has 0 bridgehead atoms. The van der Waals surface area contributed by atoms with Gasteiger partial charge >= 0.3 is 0 Å². The fourth-order valence-electron chi connectivity index (χ4n) is 2.83. The molecule has 6 nitrogen and oxygen atoms in total. The maximum atomic E-state index is 12.1. The molecule has 4 rings (SSSR count). The smallest absolute Gasteiger partial charge is 0.244 e. The average molecular weight is 396 g/mol. The van der Waals surface area contributed by atoms with E-state index in [1.54, 1.807) is 23.0 Å². The van der Waals surface area contributed by atoms with Crippen molar-refractivity contribution >= 4 is 23.6 Å². The monoisotopic (exact) mass is 395 g/mol. The van der Waals surface area contributed by atoms with Gasteiger partial charge in [-0.05, 0) is 35.9 Å². The van der Waals surface area contributed by atoms with Gasteiger partial charge in [0.2, 0.25) is 5.91 Å². The molecule has 0 atom stereocenters. The molecule has 2 aromatic carbocycles. The van der Waals surface area contributed by atoms with Gasteiger partial charge in [0, 0.05) is 24.4 Å². The summed E-state index contributed by atoms with van der Waals surface area (Å²) in [6.07, 6.45) is 6.77. The number of fused-ring (bicyclic) bond motifs is 1. The van der Waals surface area contributed by atoms with Gasteiger partial charge in [-0.3, -0.25) is 4.79 Å². The summed E-state index contributed by atoms with van der Waals surface area (Å²) < 4.78 is 12.8. The summed E-state index contributed by atoms with van der Waals surface area (Å²) in [6, 6.07) is 13.4. The van der Waals surface area contributed by atoms with Gasteiger partial charge in [0.05, 0.1) is 16.9 Å². The summed E-state index contributed by atoms with van der Waals surface area (Å²) in [5.74, 6) is 0.948. The van der Waals surface area contributed by atoms with Gasteiger partial charge in [-0.15, -0.1) is 0 Å². The third-order valence-electron chi connectivity index (χ3n) is 4.17. The van der Waals surface area contributed by atoms with Crippen LogP contribution in [0, 0.1) is 0 Å². The lowest BCUT2D eigenvalue weighted by atomic mass is 10.2. The number of carbonyl (C=O) groups is 1. The Morgan fingerprint density at radius 1 is 1.21 bits per heavy atom. The summed E-state index contributed by atoms with van der Waals surface area (Å²) >= 11 is 6.22. The molecule has 0 unspecified atom stereocenters. The Balaban J connectivity index is 1.36. The van der Waals surface area contributed by atoms with Crippen LogP contribution in [0.2, 0.25) is 5.02 Å². The topological polar surface area (TPSA) is 65.4 Å². The first-order valence-electron chi connectivity index (χ1n) is 8.83. The number of halogens is 1. The summed E-state index contributed by atoms with van der Waals surface area (Å²) in [4.78, 5) is 12.1. The number of amides is 1. The lowest BCUT2D eigenvalue weighted by Gasteiger charge is -2.20. The number of rotatable bonds is 5. The summed E-state index contributed by atoms with van der Waals surface area (Å²) in [5, 5.41) is 7.61. The van der Waals surface area contributed by atoms with E-state index >= 15 is 0 Å². The number of para-hydroxylation sites is 1. The standard InChI is InChI=1S/C21H18ClN3O3/c22-18-10-16(11-19-21(18)28-9-8-27-19)12-23-20(26)7-6-15-13-24-25(14-15)17-4-2-1-3-5-17/h1-7,10-11,13-14H,8-9,12H2,(H,23,26). The molecular formula is C21H18ClN3O3. The zero-order valence-electron chi connectivity index (χ0n) is 15.0. The maximum absolute atomic E-state index is 12.1. The van der Waals surface area contributed by atoms with Crippen LogP contribution in [0.15, 0.2) is 60.9 Å². The molecule has 0 saturated heterocycles. The summed E-state index contributed by atoms with van der Waals surface area (Å²) in [7, 11) is 0. The molecule has 0 radical (unpaired) electrons. The Morgan fingerprint density at radius 3 is 2.89 bits per heavy atom. The number of hydrogen-bond donors (Lipinski definition) is 1. The molecule has 0 spiro atoms. The highest BCUT2D eigenvalue weighted by Crippen LogP contribution is 2.38. The Bertz CT molecular complexity index is 1010. The van der Waals surface area contributed by atoms with Crippen LogP contribution in [-0.2, 0) is 11.3 Å². The highest BCUT2D eigenvalue weighted by atomic mass is 35.5. The molecule has 0 fully saturated rings. The van der Waals surface area contributed by atoms with Gasteiger partial charge in [0.1, 0.15) is 13.2 Å². The first-order valence-corrected chi connectivity index (χ1v) is 9.21. The minimum absolute atomic E-state index is 0.210. The first-order chi connectivity index (χ1) is 13.7. The molecule has 28 heavy (non-hydrogen) atoms. The fraction of sp³-hybridized carbons (Fsp3) is 0.143. The lowest BCUT2D eigenvalue weighted by molar-refractivity contribution is -0.116. The van der Waals surface area contributed by atoms with Crippen molar-refractivity contribution in [1.82, 2.24) is 15.1 Å². The highest BCUT2D eigenvalue weighted by Gasteiger charge is 2.16. The number of hydrogen-bond acceptors (Lipinski definition) is 4. The molecule has 0 aliphatic carbocycles. The van der Waals surface area contributed by atoms with Gasteiger partial charge in [0.15, 0.2) is 11.5 Å². The third kappa shape index (κ3) is 4.18. The van der Waals surface area contributed by atoms with E-state index in [1.807, 2.05) is 42.6 Å². The number of aromatic nitrogens is 2. The molecule has 7 heteroatoms. The van der Waals surface area contributed by atoms with Gasteiger partial charge in [-0.25, -0.2) is 4.68 Å². The zero-order chi connectivity index (χ0) is 19.3. The van der Waals surface area contributed by atoms with Crippen molar-refractivity contribution in [3.8, 4) is 17.2 Å². The van der Waals surface area contributed by atoms with E-state index in [0.29, 0.717) is 36.3 Å². The predicted octanol–water partition coefficient (Wildman–Crippen LogP) is 3.63. The van der Waals surface area contributed by atoms with Crippen molar-refractivity contribution in [2.45, 2.75) is 6.54 Å². The SMILES string of the molecule is O=C(C=Cc1cnn(-c2ccccc2)c1)NCc1cc(Cl)c2c(c1)OCCO2. The van der Waals surface area contributed by atoms with Crippen molar-refractivity contribution in [3.05, 3.63) is 77.1 Å². The molecule has 142 valence electrons. The molecule has 1 aromatic heterocycles. The van der Waals surface area contributed by atoms with Crippen molar-refractivity contribution in [3.63, 3.8) is 0 Å². The second kappa shape index (κ2) is 8.19. The fourth-order valence-corrected chi connectivity index (χ4v) is 3.12. The van der Waals surface area contributed by atoms with E-state index in [0.717, 1.165) is 16.8 Å². The predicted molar refractivity (Wildman–Crippen MR) is 107 cm³/mol. The Morgan fingerprint density at radius 2 is 2.04 bits per heavy atom. The molecule has 1 amide bonds. The number of benzene rings is 2. The van der Waals surface area contributed by atoms with Crippen molar-refractivity contribution in [1.29, 1.82) is 0 Å². The molecule has 2 heterocycles. The van der Waals surface area contributed by atoms with Crippen LogP contribution in [0.5, 0.6) is 11.5 Å². The van der Waals surface area contributed by atoms with E-state index < -0.39 is 0 Å². The Labute approximate surface area is 167 Å². The molecule has 0 saturated carbocycles. The van der Waals surface area contributed by atoms with Gasteiger partial charge in [0.25, 0.3) is 0 Å². The van der Waals surface area contributed by atoms with Crippen LogP contribution in [0.3, 0.4) is 0 Å². The number of ether oxygens (including phenoxy) is 2. The Kier molecular flexibility index (Phi) is 5.30. The molecule has 1 aliphatic heterocycles. The second-order valence-corrected chi connectivity index (χ2v) is 6.61. The van der Waals surface area contributed by atoms with Gasteiger partial charge in [-0.1, -0.05) is 29.8 Å². The van der Waals surface area contributed by atoms with Crippen LogP contribution >= 0.6 is 11.6 Å². The minimum Gasteiger partial charge on any atom is -0.486 e. The normalized spacial score (nSPS) is 12.9. The minimum atomic E-state index is -0.210. The lowest BCUT2D eigenvalue weighted by Crippen LogP contribution is -2.21. The van der Waals surface area contributed by atoms with E-state index in [4.69, 9.17) is 21.1 Å². The van der Waals surface area contributed by atoms with E-state index in [-0.39, 0.29) is 5.91 Å². The molecule has 3 aromatic rings. The van der Waals surface area contributed by atoms with E-state index in [9.17, 15) is 4.79 Å². The van der Waals surface area contributed by atoms with E-state index in [2.05, 4.69) is 10.4 Å². The van der Waals surface area contributed by atoms with Crippen molar-refractivity contribution in [2.24, 2.45) is 0 Å². The van der Waals surface area contributed by atoms with Crippen LogP contribution in [-0.4, -0.2) is 28.9 Å². The van der Waals surface area contributed by atoms with E-state index in [1.165, 1.54) is 6.08 Å². The van der Waals surface area contributed by atoms with Gasteiger partial charge < -0.3 is 14.8 Å². The molecular weight excluding hydrogens is 378 g/mol. The molecule has 1 N–H and O–H groups in total. The number of carbonyl (C=O) groups excluding carboxylic acids is 1. The first kappa shape index (κ1) is 18.1. The van der Waals surface area contributed by atoms with Gasteiger partial charge in [-0.2, -0.15) is 5.10 Å². The molecule has 1 aliphatic rings. The Hall–Kier alpha value is -3.25. The van der Waals surface area contributed by atoms with Crippen molar-refractivity contribution in [2.75, 3.05) is 13.2 Å². The quantitative estimate of drug-likeness (QED) is 0.670. The maximum Gasteiger partial charge on any atom is 0.244 e.